The second-order valence-corrected chi connectivity index (χ2v) is 8.00. The van der Waals surface area contributed by atoms with E-state index in [1.54, 1.807) is 6.20 Å². The molecule has 1 saturated heterocycles. The number of rotatable bonds is 4. The fourth-order valence-corrected chi connectivity index (χ4v) is 4.55. The third-order valence-electron chi connectivity index (χ3n) is 4.55. The highest BCUT2D eigenvalue weighted by atomic mass is 35.5. The quantitative estimate of drug-likeness (QED) is 0.638. The minimum atomic E-state index is -0.543. The van der Waals surface area contributed by atoms with Crippen LogP contribution in [0.5, 0.6) is 5.75 Å². The lowest BCUT2D eigenvalue weighted by molar-refractivity contribution is 0.0737. The van der Waals surface area contributed by atoms with E-state index >= 15 is 0 Å². The summed E-state index contributed by atoms with van der Waals surface area (Å²) in [5.41, 5.74) is 3.58. The van der Waals surface area contributed by atoms with Gasteiger partial charge in [0.1, 0.15) is 18.0 Å². The number of ether oxygens (including phenoxy) is 1. The molecule has 26 heavy (non-hydrogen) atoms. The Balaban J connectivity index is 1.87. The molecule has 3 heterocycles. The van der Waals surface area contributed by atoms with Crippen molar-refractivity contribution < 1.29 is 14.9 Å². The van der Waals surface area contributed by atoms with Crippen LogP contribution in [0.15, 0.2) is 30.5 Å². The lowest BCUT2D eigenvalue weighted by Gasteiger charge is -2.21. The third kappa shape index (κ3) is 3.19. The van der Waals surface area contributed by atoms with E-state index in [1.165, 1.54) is 11.3 Å². The Morgan fingerprint density at radius 1 is 1.31 bits per heavy atom. The van der Waals surface area contributed by atoms with E-state index in [2.05, 4.69) is 10.3 Å². The van der Waals surface area contributed by atoms with E-state index in [1.807, 2.05) is 31.2 Å². The Kier molecular flexibility index (Phi) is 4.86. The van der Waals surface area contributed by atoms with Gasteiger partial charge >= 0.3 is 0 Å². The van der Waals surface area contributed by atoms with Gasteiger partial charge in [0.2, 0.25) is 0 Å². The number of pyridine rings is 1. The maximum Gasteiger partial charge on any atom is 0.138 e. The molecule has 0 radical (unpaired) electrons. The second kappa shape index (κ2) is 7.13. The SMILES string of the molecule is Cc1cc(Cl)cc(-c2ccnc3cc(CO)sc23)c1O[C@@H]1CNCC1O. The predicted octanol–water partition coefficient (Wildman–Crippen LogP) is 3.13. The molecule has 1 unspecified atom stereocenters. The van der Waals surface area contributed by atoms with Crippen molar-refractivity contribution in [2.24, 2.45) is 0 Å². The van der Waals surface area contributed by atoms with Crippen LogP contribution in [0.2, 0.25) is 5.02 Å². The smallest absolute Gasteiger partial charge is 0.138 e. The minimum absolute atomic E-state index is 0.0155. The molecule has 0 spiro atoms. The summed E-state index contributed by atoms with van der Waals surface area (Å²) in [6, 6.07) is 7.57. The molecule has 1 aromatic carbocycles. The van der Waals surface area contributed by atoms with Gasteiger partial charge in [0.05, 0.1) is 16.8 Å². The van der Waals surface area contributed by atoms with Crippen molar-refractivity contribution in [1.29, 1.82) is 0 Å². The average molecular weight is 391 g/mol. The number of β-amino-alcohol motifs (C(OH)–C–C–N with tert-alkyl or cyclic N) is 1. The molecule has 2 aromatic heterocycles. The van der Waals surface area contributed by atoms with E-state index in [9.17, 15) is 10.2 Å². The van der Waals surface area contributed by atoms with Crippen LogP contribution >= 0.6 is 22.9 Å². The van der Waals surface area contributed by atoms with Crippen LogP contribution in [0.25, 0.3) is 21.3 Å². The van der Waals surface area contributed by atoms with Crippen LogP contribution < -0.4 is 10.1 Å². The van der Waals surface area contributed by atoms with Gasteiger partial charge < -0.3 is 20.3 Å². The highest BCUT2D eigenvalue weighted by molar-refractivity contribution is 7.19. The third-order valence-corrected chi connectivity index (χ3v) is 5.91. The first-order valence-electron chi connectivity index (χ1n) is 8.41. The summed E-state index contributed by atoms with van der Waals surface area (Å²) >= 11 is 7.84. The first-order valence-corrected chi connectivity index (χ1v) is 9.60. The molecule has 3 aromatic rings. The van der Waals surface area contributed by atoms with Gasteiger partial charge in [0.15, 0.2) is 0 Å². The molecule has 7 heteroatoms. The Morgan fingerprint density at radius 2 is 2.15 bits per heavy atom. The number of hydrogen-bond acceptors (Lipinski definition) is 6. The van der Waals surface area contributed by atoms with Crippen molar-refractivity contribution in [2.45, 2.75) is 25.7 Å². The molecule has 0 amide bonds. The van der Waals surface area contributed by atoms with Gasteiger partial charge in [-0.2, -0.15) is 0 Å². The Labute approximate surface area is 160 Å². The number of thiophene rings is 1. The highest BCUT2D eigenvalue weighted by Gasteiger charge is 2.28. The monoisotopic (exact) mass is 390 g/mol. The maximum absolute atomic E-state index is 10.1. The van der Waals surface area contributed by atoms with Crippen molar-refractivity contribution in [1.82, 2.24) is 10.3 Å². The molecule has 1 fully saturated rings. The van der Waals surface area contributed by atoms with Crippen LogP contribution in [0.1, 0.15) is 10.4 Å². The number of aliphatic hydroxyl groups excluding tert-OH is 2. The number of aromatic nitrogens is 1. The highest BCUT2D eigenvalue weighted by Crippen LogP contribution is 2.41. The van der Waals surface area contributed by atoms with Gasteiger partial charge in [-0.1, -0.05) is 11.6 Å². The van der Waals surface area contributed by atoms with E-state index in [-0.39, 0.29) is 12.7 Å². The number of aryl methyl sites for hydroxylation is 1. The van der Waals surface area contributed by atoms with Crippen molar-refractivity contribution in [3.05, 3.63) is 45.9 Å². The van der Waals surface area contributed by atoms with Crippen LogP contribution in [-0.2, 0) is 6.61 Å². The minimum Gasteiger partial charge on any atom is -0.485 e. The summed E-state index contributed by atoms with van der Waals surface area (Å²) in [5, 5.41) is 23.3. The predicted molar refractivity (Wildman–Crippen MR) is 104 cm³/mol. The van der Waals surface area contributed by atoms with E-state index in [0.29, 0.717) is 23.9 Å². The van der Waals surface area contributed by atoms with Gasteiger partial charge in [-0.25, -0.2) is 0 Å². The molecule has 4 rings (SSSR count). The van der Waals surface area contributed by atoms with Gasteiger partial charge in [0.25, 0.3) is 0 Å². The van der Waals surface area contributed by atoms with Crippen LogP contribution in [-0.4, -0.2) is 40.5 Å². The molecule has 0 bridgehead atoms. The normalized spacial score (nSPS) is 20.0. The van der Waals surface area contributed by atoms with Gasteiger partial charge in [0, 0.05) is 40.3 Å². The van der Waals surface area contributed by atoms with Crippen molar-refractivity contribution >= 4 is 33.2 Å². The van der Waals surface area contributed by atoms with E-state index in [4.69, 9.17) is 16.3 Å². The van der Waals surface area contributed by atoms with Crippen molar-refractivity contribution in [2.75, 3.05) is 13.1 Å². The van der Waals surface area contributed by atoms with Gasteiger partial charge in [-0.05, 0) is 36.8 Å². The van der Waals surface area contributed by atoms with Crippen molar-refractivity contribution in [3.63, 3.8) is 0 Å². The summed E-state index contributed by atoms with van der Waals surface area (Å²) < 4.78 is 7.18. The number of nitrogens with zero attached hydrogens (tertiary/aromatic N) is 1. The number of aliphatic hydroxyl groups is 2. The lowest BCUT2D eigenvalue weighted by atomic mass is 10.0. The molecule has 2 atom stereocenters. The van der Waals surface area contributed by atoms with E-state index in [0.717, 1.165) is 31.8 Å². The first kappa shape index (κ1) is 17.7. The van der Waals surface area contributed by atoms with Crippen molar-refractivity contribution in [3.8, 4) is 16.9 Å². The summed E-state index contributed by atoms with van der Waals surface area (Å²) in [7, 11) is 0. The fourth-order valence-electron chi connectivity index (χ4n) is 3.28. The van der Waals surface area contributed by atoms with Gasteiger partial charge in [-0.15, -0.1) is 11.3 Å². The molecule has 1 aliphatic rings. The zero-order valence-electron chi connectivity index (χ0n) is 14.2. The molecular formula is C19H19ClN2O3S. The summed E-state index contributed by atoms with van der Waals surface area (Å²) in [5.74, 6) is 0.716. The fraction of sp³-hybridized carbons (Fsp3) is 0.316. The Hall–Kier alpha value is -1.70. The molecular weight excluding hydrogens is 372 g/mol. The first-order chi connectivity index (χ1) is 12.6. The summed E-state index contributed by atoms with van der Waals surface area (Å²) in [6.45, 7) is 3.06. The van der Waals surface area contributed by atoms with Crippen LogP contribution in [0.3, 0.4) is 0 Å². The summed E-state index contributed by atoms with van der Waals surface area (Å²) in [4.78, 5) is 5.26. The Bertz CT molecular complexity index is 959. The molecule has 0 aliphatic carbocycles. The molecule has 136 valence electrons. The van der Waals surface area contributed by atoms with Crippen LogP contribution in [0, 0.1) is 6.92 Å². The molecule has 1 aliphatic heterocycles. The number of hydrogen-bond donors (Lipinski definition) is 3. The second-order valence-electron chi connectivity index (χ2n) is 6.42. The molecule has 0 saturated carbocycles. The number of halogens is 1. The largest absolute Gasteiger partial charge is 0.485 e. The lowest BCUT2D eigenvalue weighted by Crippen LogP contribution is -2.30. The van der Waals surface area contributed by atoms with E-state index < -0.39 is 6.10 Å². The standard InChI is InChI=1S/C19H19ClN2O3S/c1-10-4-11(20)5-14(18(10)25-17-8-21-7-16(17)24)13-2-3-22-15-6-12(9-23)26-19(13)15/h2-6,16-17,21,23-24H,7-9H2,1H3/t16?,17-/m1/s1. The summed E-state index contributed by atoms with van der Waals surface area (Å²) in [6.07, 6.45) is 0.901. The average Bonchev–Trinajstić information content (AvgIpc) is 3.22. The number of fused-ring (bicyclic) bond motifs is 1. The number of benzene rings is 1. The number of nitrogens with one attached hydrogen (secondary N) is 1. The zero-order valence-corrected chi connectivity index (χ0v) is 15.8. The molecule has 5 nitrogen and oxygen atoms in total. The Morgan fingerprint density at radius 3 is 2.88 bits per heavy atom. The maximum atomic E-state index is 10.1. The topological polar surface area (TPSA) is 74.6 Å². The van der Waals surface area contributed by atoms with Crippen LogP contribution in [0.4, 0.5) is 0 Å². The van der Waals surface area contributed by atoms with Gasteiger partial charge in [-0.3, -0.25) is 4.98 Å². The molecule has 3 N–H and O–H groups in total. The zero-order chi connectivity index (χ0) is 18.3.